The SMILES string of the molecule is CN1CCOc2ccc(CCCBr)cc21. The van der Waals surface area contributed by atoms with Crippen LogP contribution < -0.4 is 9.64 Å². The molecule has 0 amide bonds. The van der Waals surface area contributed by atoms with Crippen LogP contribution in [-0.4, -0.2) is 25.5 Å². The van der Waals surface area contributed by atoms with Gasteiger partial charge in [-0.15, -0.1) is 0 Å². The van der Waals surface area contributed by atoms with Crippen molar-refractivity contribution < 1.29 is 4.74 Å². The number of fused-ring (bicyclic) bond motifs is 1. The van der Waals surface area contributed by atoms with Crippen LogP contribution in [0.15, 0.2) is 18.2 Å². The third-order valence-electron chi connectivity index (χ3n) is 2.72. The van der Waals surface area contributed by atoms with Crippen LogP contribution in [0.3, 0.4) is 0 Å². The maximum atomic E-state index is 5.60. The molecule has 1 aromatic carbocycles. The van der Waals surface area contributed by atoms with Gasteiger partial charge in [-0.1, -0.05) is 22.0 Å². The lowest BCUT2D eigenvalue weighted by Crippen LogP contribution is -2.28. The highest BCUT2D eigenvalue weighted by Crippen LogP contribution is 2.31. The monoisotopic (exact) mass is 269 g/mol. The third-order valence-corrected chi connectivity index (χ3v) is 3.28. The zero-order valence-corrected chi connectivity index (χ0v) is 10.6. The predicted molar refractivity (Wildman–Crippen MR) is 67.3 cm³/mol. The maximum absolute atomic E-state index is 5.60. The number of ether oxygens (including phenoxy) is 1. The first-order valence-electron chi connectivity index (χ1n) is 5.34. The molecule has 3 heteroatoms. The Kier molecular flexibility index (Phi) is 3.52. The molecule has 0 aliphatic carbocycles. The molecule has 0 atom stereocenters. The summed E-state index contributed by atoms with van der Waals surface area (Å²) in [5.41, 5.74) is 2.62. The number of halogens is 1. The van der Waals surface area contributed by atoms with Gasteiger partial charge >= 0.3 is 0 Å². The summed E-state index contributed by atoms with van der Waals surface area (Å²) < 4.78 is 5.60. The molecular formula is C12H16BrNO. The molecule has 82 valence electrons. The molecule has 0 bridgehead atoms. The first-order valence-corrected chi connectivity index (χ1v) is 6.46. The quantitative estimate of drug-likeness (QED) is 0.783. The topological polar surface area (TPSA) is 12.5 Å². The Hall–Kier alpha value is -0.700. The van der Waals surface area contributed by atoms with Crippen molar-refractivity contribution in [2.75, 3.05) is 30.4 Å². The van der Waals surface area contributed by atoms with E-state index in [1.54, 1.807) is 0 Å². The van der Waals surface area contributed by atoms with Crippen molar-refractivity contribution >= 4 is 21.6 Å². The first-order chi connectivity index (χ1) is 7.31. The highest BCUT2D eigenvalue weighted by Gasteiger charge is 2.14. The average molecular weight is 270 g/mol. The molecule has 15 heavy (non-hydrogen) atoms. The zero-order chi connectivity index (χ0) is 10.7. The number of nitrogens with zero attached hydrogens (tertiary/aromatic N) is 1. The molecule has 0 unspecified atom stereocenters. The van der Waals surface area contributed by atoms with Crippen LogP contribution in [0.1, 0.15) is 12.0 Å². The molecule has 0 saturated heterocycles. The molecule has 1 heterocycles. The van der Waals surface area contributed by atoms with Gasteiger partial charge in [0.2, 0.25) is 0 Å². The fourth-order valence-corrected chi connectivity index (χ4v) is 2.10. The summed E-state index contributed by atoms with van der Waals surface area (Å²) in [5.74, 6) is 1.02. The van der Waals surface area contributed by atoms with E-state index >= 15 is 0 Å². The smallest absolute Gasteiger partial charge is 0.142 e. The van der Waals surface area contributed by atoms with Gasteiger partial charge in [-0.25, -0.2) is 0 Å². The Morgan fingerprint density at radius 3 is 3.13 bits per heavy atom. The number of anilines is 1. The van der Waals surface area contributed by atoms with Gasteiger partial charge in [0.05, 0.1) is 12.2 Å². The molecule has 2 nitrogen and oxygen atoms in total. The molecule has 1 aliphatic rings. The fourth-order valence-electron chi connectivity index (χ4n) is 1.82. The highest BCUT2D eigenvalue weighted by molar-refractivity contribution is 9.09. The Balaban J connectivity index is 2.19. The number of hydrogen-bond acceptors (Lipinski definition) is 2. The summed E-state index contributed by atoms with van der Waals surface area (Å²) >= 11 is 3.46. The van der Waals surface area contributed by atoms with Crippen LogP contribution >= 0.6 is 15.9 Å². The van der Waals surface area contributed by atoms with E-state index in [2.05, 4.69) is 46.1 Å². The normalized spacial score (nSPS) is 14.7. The van der Waals surface area contributed by atoms with Gasteiger partial charge in [-0.3, -0.25) is 0 Å². The molecule has 0 aromatic heterocycles. The average Bonchev–Trinajstić information content (AvgIpc) is 2.27. The molecule has 0 radical (unpaired) electrons. The first kappa shape index (κ1) is 10.8. The van der Waals surface area contributed by atoms with Crippen molar-refractivity contribution in [3.63, 3.8) is 0 Å². The molecule has 0 saturated carbocycles. The minimum atomic E-state index is 0.796. The van der Waals surface area contributed by atoms with E-state index in [1.807, 2.05) is 0 Å². The van der Waals surface area contributed by atoms with E-state index in [1.165, 1.54) is 17.7 Å². The van der Waals surface area contributed by atoms with Gasteiger partial charge in [0.15, 0.2) is 0 Å². The number of aryl methyl sites for hydroxylation is 1. The highest BCUT2D eigenvalue weighted by atomic mass is 79.9. The van der Waals surface area contributed by atoms with E-state index in [4.69, 9.17) is 4.74 Å². The number of rotatable bonds is 3. The minimum Gasteiger partial charge on any atom is -0.490 e. The van der Waals surface area contributed by atoms with Gasteiger partial charge in [0.1, 0.15) is 12.4 Å². The van der Waals surface area contributed by atoms with Crippen molar-refractivity contribution in [3.8, 4) is 5.75 Å². The summed E-state index contributed by atoms with van der Waals surface area (Å²) in [7, 11) is 2.12. The van der Waals surface area contributed by atoms with E-state index in [0.717, 1.165) is 30.7 Å². The molecule has 1 aromatic rings. The minimum absolute atomic E-state index is 0.796. The van der Waals surface area contributed by atoms with E-state index in [9.17, 15) is 0 Å². The molecule has 0 N–H and O–H groups in total. The Labute approximate surface area is 99.4 Å². The molecule has 0 fully saturated rings. The zero-order valence-electron chi connectivity index (χ0n) is 9.00. The van der Waals surface area contributed by atoms with Gasteiger partial charge in [-0.05, 0) is 30.5 Å². The van der Waals surface area contributed by atoms with Crippen LogP contribution in [0.2, 0.25) is 0 Å². The third kappa shape index (κ3) is 2.46. The Morgan fingerprint density at radius 1 is 1.47 bits per heavy atom. The van der Waals surface area contributed by atoms with Crippen molar-refractivity contribution in [1.82, 2.24) is 0 Å². The van der Waals surface area contributed by atoms with Crippen LogP contribution in [0, 0.1) is 0 Å². The van der Waals surface area contributed by atoms with Crippen LogP contribution in [0.5, 0.6) is 5.75 Å². The lowest BCUT2D eigenvalue weighted by atomic mass is 10.1. The lowest BCUT2D eigenvalue weighted by molar-refractivity contribution is 0.311. The van der Waals surface area contributed by atoms with Crippen LogP contribution in [-0.2, 0) is 6.42 Å². The van der Waals surface area contributed by atoms with Gasteiger partial charge in [-0.2, -0.15) is 0 Å². The van der Waals surface area contributed by atoms with Crippen molar-refractivity contribution in [2.24, 2.45) is 0 Å². The largest absolute Gasteiger partial charge is 0.490 e. The van der Waals surface area contributed by atoms with Crippen LogP contribution in [0.25, 0.3) is 0 Å². The fraction of sp³-hybridized carbons (Fsp3) is 0.500. The second-order valence-corrected chi connectivity index (χ2v) is 4.66. The van der Waals surface area contributed by atoms with Gasteiger partial charge in [0.25, 0.3) is 0 Å². The number of alkyl halides is 1. The van der Waals surface area contributed by atoms with E-state index in [0.29, 0.717) is 0 Å². The van der Waals surface area contributed by atoms with E-state index in [-0.39, 0.29) is 0 Å². The van der Waals surface area contributed by atoms with Crippen molar-refractivity contribution in [3.05, 3.63) is 23.8 Å². The summed E-state index contributed by atoms with van der Waals surface area (Å²) in [4.78, 5) is 2.26. The summed E-state index contributed by atoms with van der Waals surface area (Å²) in [6, 6.07) is 6.51. The van der Waals surface area contributed by atoms with Crippen molar-refractivity contribution in [2.45, 2.75) is 12.8 Å². The van der Waals surface area contributed by atoms with Gasteiger partial charge < -0.3 is 9.64 Å². The molecule has 0 spiro atoms. The van der Waals surface area contributed by atoms with Crippen molar-refractivity contribution in [1.29, 1.82) is 0 Å². The summed E-state index contributed by atoms with van der Waals surface area (Å²) in [5, 5.41) is 1.07. The van der Waals surface area contributed by atoms with Crippen LogP contribution in [0.4, 0.5) is 5.69 Å². The maximum Gasteiger partial charge on any atom is 0.142 e. The van der Waals surface area contributed by atoms with E-state index < -0.39 is 0 Å². The molecule has 2 rings (SSSR count). The number of benzene rings is 1. The second-order valence-electron chi connectivity index (χ2n) is 3.86. The van der Waals surface area contributed by atoms with Gasteiger partial charge in [0, 0.05) is 12.4 Å². The Bertz CT molecular complexity index is 340. The summed E-state index contributed by atoms with van der Waals surface area (Å²) in [6.07, 6.45) is 2.32. The Morgan fingerprint density at radius 2 is 2.33 bits per heavy atom. The molecular weight excluding hydrogens is 254 g/mol. The second kappa shape index (κ2) is 4.88. The number of likely N-dealkylation sites (N-methyl/N-ethyl adjacent to an activating group) is 1. The summed E-state index contributed by atoms with van der Waals surface area (Å²) in [6.45, 7) is 1.78. The standard InChI is InChI=1S/C12H16BrNO/c1-14-7-8-15-12-5-4-10(3-2-6-13)9-11(12)14/h4-5,9H,2-3,6-8H2,1H3. The molecule has 1 aliphatic heterocycles. The predicted octanol–water partition coefficient (Wildman–Crippen LogP) is 2.84. The lowest BCUT2D eigenvalue weighted by Gasteiger charge is -2.28. The number of hydrogen-bond donors (Lipinski definition) is 0.